The zero-order chi connectivity index (χ0) is 16.8. The van der Waals surface area contributed by atoms with E-state index in [0.717, 1.165) is 38.8 Å². The van der Waals surface area contributed by atoms with Gasteiger partial charge in [-0.3, -0.25) is 4.79 Å². The number of rotatable bonds is 6. The van der Waals surface area contributed by atoms with Crippen LogP contribution in [0.3, 0.4) is 0 Å². The number of halogens is 2. The second-order valence-electron chi connectivity index (χ2n) is 5.28. The Hall–Kier alpha value is -1.33. The first-order chi connectivity index (χ1) is 11.0. The van der Waals surface area contributed by atoms with Crippen LogP contribution in [0.5, 0.6) is 5.75 Å². The molecular weight excluding hydrogens is 422 g/mol. The van der Waals surface area contributed by atoms with Crippen LogP contribution in [0.4, 0.5) is 5.69 Å². The average Bonchev–Trinajstić information content (AvgIpc) is 2.51. The van der Waals surface area contributed by atoms with Crippen LogP contribution in [0.25, 0.3) is 0 Å². The molecule has 2 aromatic rings. The fraction of sp³-hybridized carbons (Fsp3) is 0.278. The molecule has 0 aliphatic carbocycles. The standard InChI is InChI=1S/C18H19Br2NO2/c1-3-4-9-23-17-8-6-13(11-15(17)20)18(22)21-16-7-5-12(2)10-14(16)19/h5-8,10-11H,3-4,9H2,1-2H3,(H,21,22). The summed E-state index contributed by atoms with van der Waals surface area (Å²) >= 11 is 6.93. The Bertz CT molecular complexity index is 701. The molecule has 0 fully saturated rings. The molecule has 0 aliphatic rings. The van der Waals surface area contributed by atoms with Gasteiger partial charge in [-0.05, 0) is 81.1 Å². The lowest BCUT2D eigenvalue weighted by atomic mass is 10.2. The van der Waals surface area contributed by atoms with Crippen LogP contribution in [-0.4, -0.2) is 12.5 Å². The number of amides is 1. The van der Waals surface area contributed by atoms with E-state index in [2.05, 4.69) is 44.1 Å². The van der Waals surface area contributed by atoms with Crippen molar-refractivity contribution in [2.24, 2.45) is 0 Å². The van der Waals surface area contributed by atoms with Gasteiger partial charge in [0.25, 0.3) is 5.91 Å². The van der Waals surface area contributed by atoms with Gasteiger partial charge in [-0.15, -0.1) is 0 Å². The van der Waals surface area contributed by atoms with E-state index in [1.165, 1.54) is 0 Å². The zero-order valence-electron chi connectivity index (χ0n) is 13.2. The van der Waals surface area contributed by atoms with E-state index in [0.29, 0.717) is 12.2 Å². The van der Waals surface area contributed by atoms with Crippen molar-refractivity contribution in [3.05, 3.63) is 56.5 Å². The SMILES string of the molecule is CCCCOc1ccc(C(=O)Nc2ccc(C)cc2Br)cc1Br. The van der Waals surface area contributed by atoms with Crippen LogP contribution in [-0.2, 0) is 0 Å². The lowest BCUT2D eigenvalue weighted by Gasteiger charge is -2.11. The molecule has 122 valence electrons. The average molecular weight is 441 g/mol. The molecule has 2 aromatic carbocycles. The number of aryl methyl sites for hydroxylation is 1. The maximum atomic E-state index is 12.4. The molecule has 0 atom stereocenters. The number of carbonyl (C=O) groups excluding carboxylic acids is 1. The monoisotopic (exact) mass is 439 g/mol. The molecule has 3 nitrogen and oxygen atoms in total. The Balaban J connectivity index is 2.09. The molecule has 1 amide bonds. The van der Waals surface area contributed by atoms with Gasteiger partial charge in [-0.2, -0.15) is 0 Å². The van der Waals surface area contributed by atoms with Crippen molar-refractivity contribution in [3.63, 3.8) is 0 Å². The highest BCUT2D eigenvalue weighted by molar-refractivity contribution is 9.11. The van der Waals surface area contributed by atoms with Crippen molar-refractivity contribution in [2.45, 2.75) is 26.7 Å². The molecule has 5 heteroatoms. The lowest BCUT2D eigenvalue weighted by Crippen LogP contribution is -2.12. The third-order valence-electron chi connectivity index (χ3n) is 3.32. The van der Waals surface area contributed by atoms with E-state index in [9.17, 15) is 4.79 Å². The first-order valence-corrected chi connectivity index (χ1v) is 9.09. The second-order valence-corrected chi connectivity index (χ2v) is 6.99. The predicted molar refractivity (Wildman–Crippen MR) is 101 cm³/mol. The van der Waals surface area contributed by atoms with E-state index in [1.54, 1.807) is 12.1 Å². The molecule has 0 heterocycles. The first kappa shape index (κ1) is 18.0. The van der Waals surface area contributed by atoms with Crippen molar-refractivity contribution in [1.82, 2.24) is 0 Å². The molecule has 0 saturated carbocycles. The van der Waals surface area contributed by atoms with Gasteiger partial charge in [0.05, 0.1) is 16.8 Å². The number of benzene rings is 2. The van der Waals surface area contributed by atoms with Crippen molar-refractivity contribution in [2.75, 3.05) is 11.9 Å². The molecule has 0 saturated heterocycles. The van der Waals surface area contributed by atoms with Gasteiger partial charge in [0.1, 0.15) is 5.75 Å². The van der Waals surface area contributed by atoms with Gasteiger partial charge in [0, 0.05) is 10.0 Å². The van der Waals surface area contributed by atoms with Crippen molar-refractivity contribution < 1.29 is 9.53 Å². The minimum absolute atomic E-state index is 0.157. The fourth-order valence-electron chi connectivity index (χ4n) is 2.00. The third-order valence-corrected chi connectivity index (χ3v) is 4.60. The zero-order valence-corrected chi connectivity index (χ0v) is 16.3. The van der Waals surface area contributed by atoms with E-state index < -0.39 is 0 Å². The minimum Gasteiger partial charge on any atom is -0.492 e. The first-order valence-electron chi connectivity index (χ1n) is 7.51. The maximum absolute atomic E-state index is 12.4. The van der Waals surface area contributed by atoms with Gasteiger partial charge < -0.3 is 10.1 Å². The van der Waals surface area contributed by atoms with E-state index in [4.69, 9.17) is 4.74 Å². The fourth-order valence-corrected chi connectivity index (χ4v) is 3.09. The summed E-state index contributed by atoms with van der Waals surface area (Å²) in [6.45, 7) is 4.80. The molecule has 0 bridgehead atoms. The molecule has 0 radical (unpaired) electrons. The van der Waals surface area contributed by atoms with E-state index in [1.807, 2.05) is 31.2 Å². The second kappa shape index (κ2) is 8.50. The number of anilines is 1. The molecule has 2 rings (SSSR count). The van der Waals surface area contributed by atoms with Crippen LogP contribution < -0.4 is 10.1 Å². The largest absolute Gasteiger partial charge is 0.492 e. The van der Waals surface area contributed by atoms with Crippen LogP contribution in [0.2, 0.25) is 0 Å². The maximum Gasteiger partial charge on any atom is 0.255 e. The molecule has 0 spiro atoms. The minimum atomic E-state index is -0.157. The van der Waals surface area contributed by atoms with Gasteiger partial charge in [-0.25, -0.2) is 0 Å². The summed E-state index contributed by atoms with van der Waals surface area (Å²) in [7, 11) is 0. The number of hydrogen-bond donors (Lipinski definition) is 1. The summed E-state index contributed by atoms with van der Waals surface area (Å²) in [6.07, 6.45) is 2.10. The highest BCUT2D eigenvalue weighted by Crippen LogP contribution is 2.28. The Morgan fingerprint density at radius 3 is 2.57 bits per heavy atom. The van der Waals surface area contributed by atoms with Crippen molar-refractivity contribution in [1.29, 1.82) is 0 Å². The van der Waals surface area contributed by atoms with Gasteiger partial charge >= 0.3 is 0 Å². The lowest BCUT2D eigenvalue weighted by molar-refractivity contribution is 0.102. The molecule has 0 aliphatic heterocycles. The molecule has 0 unspecified atom stereocenters. The van der Waals surface area contributed by atoms with Crippen molar-refractivity contribution >= 4 is 43.5 Å². The number of hydrogen-bond acceptors (Lipinski definition) is 2. The van der Waals surface area contributed by atoms with Crippen LogP contribution in [0.1, 0.15) is 35.7 Å². The van der Waals surface area contributed by atoms with Crippen molar-refractivity contribution in [3.8, 4) is 5.75 Å². The summed E-state index contributed by atoms with van der Waals surface area (Å²) in [5.41, 5.74) is 2.46. The molecular formula is C18H19Br2NO2. The highest BCUT2D eigenvalue weighted by Gasteiger charge is 2.11. The Kier molecular flexibility index (Phi) is 6.66. The van der Waals surface area contributed by atoms with E-state index in [-0.39, 0.29) is 5.91 Å². The Morgan fingerprint density at radius 2 is 1.91 bits per heavy atom. The highest BCUT2D eigenvalue weighted by atomic mass is 79.9. The summed E-state index contributed by atoms with van der Waals surface area (Å²) in [5, 5.41) is 2.91. The molecule has 23 heavy (non-hydrogen) atoms. The molecule has 1 N–H and O–H groups in total. The number of carbonyl (C=O) groups is 1. The normalized spacial score (nSPS) is 10.4. The van der Waals surface area contributed by atoms with Gasteiger partial charge in [0.2, 0.25) is 0 Å². The van der Waals surface area contributed by atoms with Gasteiger partial charge in [-0.1, -0.05) is 19.4 Å². The summed E-state index contributed by atoms with van der Waals surface area (Å²) < 4.78 is 7.32. The molecule has 0 aromatic heterocycles. The summed E-state index contributed by atoms with van der Waals surface area (Å²) in [4.78, 5) is 12.4. The summed E-state index contributed by atoms with van der Waals surface area (Å²) in [5.74, 6) is 0.599. The van der Waals surface area contributed by atoms with Crippen LogP contribution in [0.15, 0.2) is 45.3 Å². The van der Waals surface area contributed by atoms with E-state index >= 15 is 0 Å². The van der Waals surface area contributed by atoms with Crippen LogP contribution >= 0.6 is 31.9 Å². The number of nitrogens with one attached hydrogen (secondary N) is 1. The number of ether oxygens (including phenoxy) is 1. The van der Waals surface area contributed by atoms with Crippen LogP contribution in [0, 0.1) is 6.92 Å². The predicted octanol–water partition coefficient (Wildman–Crippen LogP) is 5.95. The topological polar surface area (TPSA) is 38.3 Å². The van der Waals surface area contributed by atoms with Gasteiger partial charge in [0.15, 0.2) is 0 Å². The summed E-state index contributed by atoms with van der Waals surface area (Å²) in [6, 6.07) is 11.2. The quantitative estimate of drug-likeness (QED) is 0.563. The smallest absolute Gasteiger partial charge is 0.255 e. The third kappa shape index (κ3) is 5.08. The number of unbranched alkanes of at least 4 members (excludes halogenated alkanes) is 1. The Labute approximate surface area is 153 Å². The Morgan fingerprint density at radius 1 is 1.13 bits per heavy atom.